The van der Waals surface area contributed by atoms with E-state index in [-0.39, 0.29) is 34.8 Å². The van der Waals surface area contributed by atoms with Gasteiger partial charge in [0.25, 0.3) is 0 Å². The number of nitrogens with zero attached hydrogens (tertiary/aromatic N) is 3. The lowest BCUT2D eigenvalue weighted by molar-refractivity contribution is -0.117. The van der Waals surface area contributed by atoms with Crippen molar-refractivity contribution in [2.24, 2.45) is 10.9 Å². The number of aromatic nitrogens is 2. The average Bonchev–Trinajstić information content (AvgIpc) is 3.03. The Kier molecular flexibility index (Phi) is 16.7. The first-order chi connectivity index (χ1) is 21.0. The molecule has 0 saturated heterocycles. The quantitative estimate of drug-likeness (QED) is 0.0998. The van der Waals surface area contributed by atoms with Crippen LogP contribution in [-0.4, -0.2) is 48.0 Å². The Labute approximate surface area is 255 Å². The van der Waals surface area contributed by atoms with Crippen molar-refractivity contribution in [1.29, 1.82) is 0 Å². The summed E-state index contributed by atoms with van der Waals surface area (Å²) in [5.41, 5.74) is 6.98. The minimum atomic E-state index is -1.62. The zero-order valence-corrected chi connectivity index (χ0v) is 25.1. The van der Waals surface area contributed by atoms with Gasteiger partial charge >= 0.3 is 0 Å². The Balaban J connectivity index is 0.000000537. The first-order valence-electron chi connectivity index (χ1n) is 13.7. The van der Waals surface area contributed by atoms with Crippen LogP contribution in [0.15, 0.2) is 65.7 Å². The molecule has 1 aromatic carbocycles. The molecule has 1 heterocycles. The van der Waals surface area contributed by atoms with Crippen LogP contribution >= 0.6 is 0 Å². The summed E-state index contributed by atoms with van der Waals surface area (Å²) in [6.45, 7) is 4.85. The molecule has 1 fully saturated rings. The maximum atomic E-state index is 14.6. The van der Waals surface area contributed by atoms with Crippen molar-refractivity contribution in [1.82, 2.24) is 15.3 Å². The number of aliphatic imine (C=N–C) groups is 1. The highest BCUT2D eigenvalue weighted by atomic mass is 19.2. The molecule has 1 aromatic heterocycles. The van der Waals surface area contributed by atoms with Crippen LogP contribution in [0, 0.1) is 31.5 Å². The van der Waals surface area contributed by atoms with Gasteiger partial charge in [0, 0.05) is 30.8 Å². The van der Waals surface area contributed by atoms with Crippen molar-refractivity contribution in [3.05, 3.63) is 83.4 Å². The number of rotatable bonds is 10. The fourth-order valence-electron chi connectivity index (χ4n) is 4.37. The van der Waals surface area contributed by atoms with Gasteiger partial charge < -0.3 is 15.8 Å². The number of nitrogen functional groups attached to an aromatic ring is 1. The Morgan fingerprint density at radius 3 is 2.39 bits per heavy atom. The molecule has 0 radical (unpaired) electrons. The number of aryl methyl sites for hydroxylation is 1. The zero-order valence-electron chi connectivity index (χ0n) is 25.1. The molecule has 1 amide bonds. The molecule has 0 atom stereocenters. The number of hydrogen-bond acceptors (Lipinski definition) is 6. The number of amides is 1. The number of nitrogens with two attached hydrogens (primary N) is 1. The number of allylic oxidation sites excluding steroid dienone is 3. The molecule has 3 N–H and O–H groups in total. The summed E-state index contributed by atoms with van der Waals surface area (Å²) < 4.78 is 71.0. The molecule has 3 rings (SSSR count). The van der Waals surface area contributed by atoms with Crippen LogP contribution in [0.1, 0.15) is 55.8 Å². The van der Waals surface area contributed by atoms with Gasteiger partial charge in [0.1, 0.15) is 42.8 Å². The number of nitrogens with one attached hydrogen (secondary N) is 1. The van der Waals surface area contributed by atoms with Gasteiger partial charge in [-0.15, -0.1) is 12.8 Å². The molecule has 1 aliphatic carbocycles. The molecule has 238 valence electrons. The largest absolute Gasteiger partial charge is 0.486 e. The lowest BCUT2D eigenvalue weighted by Gasteiger charge is -2.27. The van der Waals surface area contributed by atoms with E-state index in [1.165, 1.54) is 50.8 Å². The van der Waals surface area contributed by atoms with Crippen molar-refractivity contribution < 1.29 is 31.5 Å². The molecule has 2 aromatic rings. The zero-order chi connectivity index (χ0) is 33.2. The van der Waals surface area contributed by atoms with E-state index >= 15 is 0 Å². The van der Waals surface area contributed by atoms with E-state index in [1.54, 1.807) is 6.92 Å². The first kappa shape index (κ1) is 37.5. The van der Waals surface area contributed by atoms with Gasteiger partial charge in [0.05, 0.1) is 17.0 Å². The monoisotopic (exact) mass is 619 g/mol. The number of ether oxygens (including phenoxy) is 1. The van der Waals surface area contributed by atoms with Crippen LogP contribution in [0.5, 0.6) is 5.75 Å². The molecule has 1 saturated carbocycles. The summed E-state index contributed by atoms with van der Waals surface area (Å²) >= 11 is 0. The maximum absolute atomic E-state index is 14.6. The number of anilines is 1. The van der Waals surface area contributed by atoms with E-state index < -0.39 is 36.6 Å². The summed E-state index contributed by atoms with van der Waals surface area (Å²) in [5, 5.41) is 2.96. The van der Waals surface area contributed by atoms with Gasteiger partial charge in [0.2, 0.25) is 5.91 Å². The predicted octanol–water partition coefficient (Wildman–Crippen LogP) is 6.83. The standard InChI is InChI=1S/C19H17F5N4O.C11H19NO.C2H2/c1-10-17(19(25)28-9-27-10)18(26-2)13-4-3-12(6-14(13)22)29-8-16(24)15(23)5-11(21)7-20;1-3-9-5-7-10(8-6-9)12-11(13)4-2;1-2/h3-6,9H,7-8H2,1-2H3,(H2,25,27,28);4,9-10H,2-3,5-8H2,1H3,(H,12,13);1-2H/b11-5+,16-15-,26-18?;;. The third-order valence-electron chi connectivity index (χ3n) is 6.71. The minimum Gasteiger partial charge on any atom is -0.486 e. The first-order valence-corrected chi connectivity index (χ1v) is 13.7. The molecular weight excluding hydrogens is 581 g/mol. The topological polar surface area (TPSA) is 102 Å². The number of halogens is 5. The van der Waals surface area contributed by atoms with Gasteiger partial charge in [-0.3, -0.25) is 9.79 Å². The highest BCUT2D eigenvalue weighted by Gasteiger charge is 2.21. The Morgan fingerprint density at radius 2 is 1.86 bits per heavy atom. The number of alkyl halides is 1. The van der Waals surface area contributed by atoms with Crippen molar-refractivity contribution in [3.8, 4) is 18.6 Å². The molecule has 12 heteroatoms. The number of hydrogen-bond donors (Lipinski definition) is 2. The fraction of sp³-hybridized carbons (Fsp3) is 0.375. The SMILES string of the molecule is C#C.C=CC(=O)NC1CCC(CC)CC1.CN=C(c1ccc(OC/C(F)=C(F)\C=C(\F)CF)cc1F)c1c(C)ncnc1N. The van der Waals surface area contributed by atoms with Gasteiger partial charge in [-0.05, 0) is 56.7 Å². The number of terminal acetylenes is 1. The van der Waals surface area contributed by atoms with E-state index in [9.17, 15) is 26.7 Å². The number of carbonyl (C=O) groups excluding carboxylic acids is 1. The Morgan fingerprint density at radius 1 is 1.20 bits per heavy atom. The van der Waals surface area contributed by atoms with E-state index in [0.29, 0.717) is 17.3 Å². The Hall–Kier alpha value is -4.53. The normalized spacial score (nSPS) is 17.1. The van der Waals surface area contributed by atoms with Crippen LogP contribution in [0.3, 0.4) is 0 Å². The van der Waals surface area contributed by atoms with Crippen molar-refractivity contribution in [3.63, 3.8) is 0 Å². The van der Waals surface area contributed by atoms with Crippen LogP contribution in [0.4, 0.5) is 27.8 Å². The second-order valence-electron chi connectivity index (χ2n) is 9.54. The molecule has 0 aliphatic heterocycles. The molecule has 44 heavy (non-hydrogen) atoms. The smallest absolute Gasteiger partial charge is 0.243 e. The average molecular weight is 620 g/mol. The summed E-state index contributed by atoms with van der Waals surface area (Å²) in [7, 11) is 1.44. The van der Waals surface area contributed by atoms with Crippen molar-refractivity contribution >= 4 is 17.4 Å². The Bertz CT molecular complexity index is 1350. The lowest BCUT2D eigenvalue weighted by Crippen LogP contribution is -2.36. The second-order valence-corrected chi connectivity index (χ2v) is 9.54. The van der Waals surface area contributed by atoms with Crippen LogP contribution in [-0.2, 0) is 4.79 Å². The molecule has 7 nitrogen and oxygen atoms in total. The van der Waals surface area contributed by atoms with Crippen LogP contribution < -0.4 is 15.8 Å². The molecule has 0 unspecified atom stereocenters. The highest BCUT2D eigenvalue weighted by Crippen LogP contribution is 2.26. The van der Waals surface area contributed by atoms with Crippen molar-refractivity contribution in [2.75, 3.05) is 26.1 Å². The number of benzene rings is 1. The van der Waals surface area contributed by atoms with E-state index in [1.807, 2.05) is 0 Å². The van der Waals surface area contributed by atoms with Crippen LogP contribution in [0.25, 0.3) is 0 Å². The summed E-state index contributed by atoms with van der Waals surface area (Å²) in [5.74, 6) is -4.47. The number of carbonyl (C=O) groups is 1. The molecule has 0 bridgehead atoms. The van der Waals surface area contributed by atoms with Gasteiger partial charge in [0.15, 0.2) is 11.7 Å². The van der Waals surface area contributed by atoms with Gasteiger partial charge in [-0.1, -0.05) is 19.9 Å². The lowest BCUT2D eigenvalue weighted by atomic mass is 9.84. The summed E-state index contributed by atoms with van der Waals surface area (Å²) in [4.78, 5) is 23.0. The minimum absolute atomic E-state index is 0.0278. The second kappa shape index (κ2) is 19.6. The van der Waals surface area contributed by atoms with Gasteiger partial charge in [-0.2, -0.15) is 0 Å². The van der Waals surface area contributed by atoms with E-state index in [2.05, 4.69) is 46.6 Å². The van der Waals surface area contributed by atoms with Crippen LogP contribution in [0.2, 0.25) is 0 Å². The van der Waals surface area contributed by atoms with Gasteiger partial charge in [-0.25, -0.2) is 31.9 Å². The third-order valence-corrected chi connectivity index (χ3v) is 6.71. The predicted molar refractivity (Wildman–Crippen MR) is 163 cm³/mol. The summed E-state index contributed by atoms with van der Waals surface area (Å²) in [6.07, 6.45) is 16.8. The van der Waals surface area contributed by atoms with E-state index in [0.717, 1.165) is 24.8 Å². The summed E-state index contributed by atoms with van der Waals surface area (Å²) in [6, 6.07) is 3.97. The molecule has 0 spiro atoms. The highest BCUT2D eigenvalue weighted by molar-refractivity contribution is 6.16. The third kappa shape index (κ3) is 11.6. The molecular formula is C32H38F5N5O2. The maximum Gasteiger partial charge on any atom is 0.243 e. The van der Waals surface area contributed by atoms with E-state index in [4.69, 9.17) is 10.5 Å². The molecule has 1 aliphatic rings. The van der Waals surface area contributed by atoms with Crippen molar-refractivity contribution in [2.45, 2.75) is 52.0 Å². The fourth-order valence-corrected chi connectivity index (χ4v) is 4.37.